The number of aromatic nitrogens is 2. The first-order chi connectivity index (χ1) is 14.8. The lowest BCUT2D eigenvalue weighted by Crippen LogP contribution is -2.46. The number of rotatable bonds is 8. The molecule has 2 rings (SSSR count). The summed E-state index contributed by atoms with van der Waals surface area (Å²) in [5, 5.41) is 10.4. The maximum Gasteiger partial charge on any atom is 0.490 e. The molecule has 0 amide bonds. The molecular formula is C13H19FN3O13P3. The molecule has 7 atom stereocenters. The van der Waals surface area contributed by atoms with E-state index in [9.17, 15) is 33.4 Å². The fraction of sp³-hybridized carbons (Fsp3) is 0.538. The fourth-order valence-corrected chi connectivity index (χ4v) is 6.17. The number of ether oxygens (including phenoxy) is 1. The zero-order chi connectivity index (χ0) is 25.6. The molecule has 1 aliphatic rings. The summed E-state index contributed by atoms with van der Waals surface area (Å²) < 4.78 is 67.2. The third kappa shape index (κ3) is 6.34. The topological polar surface area (TPSA) is 250 Å². The van der Waals surface area contributed by atoms with Gasteiger partial charge in [-0.05, 0) is 19.9 Å². The first-order valence-corrected chi connectivity index (χ1v) is 13.0. The number of nitrogens with two attached hydrogens (primary N) is 1. The summed E-state index contributed by atoms with van der Waals surface area (Å²) in [4.78, 5) is 51.6. The Balaban J connectivity index is 2.32. The molecule has 1 fully saturated rings. The van der Waals surface area contributed by atoms with Gasteiger partial charge in [0.2, 0.25) is 5.67 Å². The van der Waals surface area contributed by atoms with Gasteiger partial charge >= 0.3 is 29.2 Å². The van der Waals surface area contributed by atoms with Crippen molar-refractivity contribution >= 4 is 29.3 Å². The molecule has 3 unspecified atom stereocenters. The molecule has 1 aliphatic heterocycles. The molecule has 0 saturated carbocycles. The van der Waals surface area contributed by atoms with Crippen LogP contribution in [0.4, 0.5) is 10.2 Å². The standard InChI is InChI=1S/C13H19FN3O13P3/c1-4-13(14)10(18)9(27-11(13)17-6(2)5-8(15)16-12(17)19)7(3)28-32(23,24)30-33(25,26)29-31(20,21)22/h1,5,7,9-11,18H,2-3H3,(H,23,24)(H,25,26)(H2,15,16,19)(H2,20,21,22)/t7-,9+,10-,11+,13?/m0/s1. The normalized spacial score (nSPS) is 30.2. The Morgan fingerprint density at radius 2 is 1.88 bits per heavy atom. The van der Waals surface area contributed by atoms with Crippen molar-refractivity contribution in [2.45, 2.75) is 44.1 Å². The monoisotopic (exact) mass is 537 g/mol. The highest BCUT2D eigenvalue weighted by Crippen LogP contribution is 2.66. The molecule has 2 heterocycles. The van der Waals surface area contributed by atoms with Crippen molar-refractivity contribution in [3.05, 3.63) is 22.2 Å². The summed E-state index contributed by atoms with van der Waals surface area (Å²) in [6.45, 7) is 2.26. The summed E-state index contributed by atoms with van der Waals surface area (Å²) in [5.74, 6) is 1.45. The van der Waals surface area contributed by atoms with Crippen molar-refractivity contribution < 1.29 is 60.6 Å². The number of nitrogens with zero attached hydrogens (tertiary/aromatic N) is 2. The molecule has 0 aromatic carbocycles. The Morgan fingerprint density at radius 3 is 2.36 bits per heavy atom. The number of hydrogen-bond donors (Lipinski definition) is 6. The molecular weight excluding hydrogens is 518 g/mol. The molecule has 1 aromatic heterocycles. The summed E-state index contributed by atoms with van der Waals surface area (Å²) in [5.41, 5.74) is 1.29. The number of alkyl halides is 1. The van der Waals surface area contributed by atoms with Crippen LogP contribution in [0.15, 0.2) is 10.9 Å². The van der Waals surface area contributed by atoms with Crippen LogP contribution < -0.4 is 11.4 Å². The molecule has 0 radical (unpaired) electrons. The van der Waals surface area contributed by atoms with Crippen molar-refractivity contribution in [1.82, 2.24) is 9.55 Å². The van der Waals surface area contributed by atoms with Gasteiger partial charge in [0.25, 0.3) is 0 Å². The first-order valence-electron chi connectivity index (χ1n) is 8.50. The number of phosphoric acid groups is 3. The van der Waals surface area contributed by atoms with Crippen molar-refractivity contribution in [1.29, 1.82) is 0 Å². The molecule has 33 heavy (non-hydrogen) atoms. The number of terminal acetylenes is 1. The van der Waals surface area contributed by atoms with Crippen LogP contribution in [-0.4, -0.2) is 58.2 Å². The Labute approximate surface area is 184 Å². The van der Waals surface area contributed by atoms with E-state index in [0.29, 0.717) is 4.57 Å². The van der Waals surface area contributed by atoms with E-state index in [1.165, 1.54) is 13.0 Å². The highest BCUT2D eigenvalue weighted by Gasteiger charge is 2.60. The van der Waals surface area contributed by atoms with Gasteiger partial charge in [-0.1, -0.05) is 5.92 Å². The van der Waals surface area contributed by atoms with Crippen molar-refractivity contribution in [2.75, 3.05) is 5.73 Å². The highest BCUT2D eigenvalue weighted by atomic mass is 31.3. The first kappa shape index (κ1) is 27.7. The third-order valence-corrected chi connectivity index (χ3v) is 8.11. The van der Waals surface area contributed by atoms with Gasteiger partial charge in [-0.15, -0.1) is 6.42 Å². The Bertz CT molecular complexity index is 1160. The van der Waals surface area contributed by atoms with Crippen molar-refractivity contribution in [2.24, 2.45) is 0 Å². The molecule has 7 N–H and O–H groups in total. The minimum absolute atomic E-state index is 0.0307. The van der Waals surface area contributed by atoms with E-state index in [1.807, 2.05) is 0 Å². The van der Waals surface area contributed by atoms with Crippen LogP contribution in [0.5, 0.6) is 0 Å². The molecule has 0 aliphatic carbocycles. The zero-order valence-corrected chi connectivity index (χ0v) is 19.3. The van der Waals surface area contributed by atoms with Gasteiger partial charge in [-0.25, -0.2) is 22.9 Å². The molecule has 0 spiro atoms. The summed E-state index contributed by atoms with van der Waals surface area (Å²) in [6, 6.07) is 1.18. The fourth-order valence-electron chi connectivity index (χ4n) is 2.97. The van der Waals surface area contributed by atoms with Crippen LogP contribution >= 0.6 is 23.5 Å². The number of hydrogen-bond acceptors (Lipinski definition) is 11. The van der Waals surface area contributed by atoms with E-state index < -0.39 is 59.4 Å². The van der Waals surface area contributed by atoms with Crippen LogP contribution in [0.2, 0.25) is 0 Å². The van der Waals surface area contributed by atoms with E-state index >= 15 is 4.39 Å². The Morgan fingerprint density at radius 1 is 1.30 bits per heavy atom. The number of anilines is 1. The Hall–Kier alpha value is -1.50. The smallest absolute Gasteiger partial charge is 0.386 e. The van der Waals surface area contributed by atoms with Gasteiger partial charge in [-0.2, -0.15) is 13.6 Å². The molecule has 0 bridgehead atoms. The van der Waals surface area contributed by atoms with Gasteiger partial charge in [-0.3, -0.25) is 9.09 Å². The quantitative estimate of drug-likeness (QED) is 0.180. The third-order valence-electron chi connectivity index (χ3n) is 4.19. The maximum atomic E-state index is 15.5. The lowest BCUT2D eigenvalue weighted by Gasteiger charge is -2.25. The number of halogens is 1. The molecule has 1 saturated heterocycles. The van der Waals surface area contributed by atoms with Crippen molar-refractivity contribution in [3.63, 3.8) is 0 Å². The van der Waals surface area contributed by atoms with Gasteiger partial charge in [0.05, 0.1) is 6.10 Å². The van der Waals surface area contributed by atoms with Crippen LogP contribution in [0.1, 0.15) is 18.8 Å². The van der Waals surface area contributed by atoms with E-state index in [1.54, 1.807) is 5.92 Å². The lowest BCUT2D eigenvalue weighted by molar-refractivity contribution is -0.0786. The number of aryl methyl sites for hydroxylation is 1. The second-order valence-electron chi connectivity index (χ2n) is 6.69. The van der Waals surface area contributed by atoms with Crippen LogP contribution in [0, 0.1) is 19.3 Å². The van der Waals surface area contributed by atoms with Crippen LogP contribution in [0.3, 0.4) is 0 Å². The molecule has 20 heteroatoms. The average molecular weight is 537 g/mol. The van der Waals surface area contributed by atoms with Gasteiger partial charge in [0.1, 0.15) is 18.0 Å². The SMILES string of the molecule is C#CC1(F)[C@@H](O)[C@@H]([C@H](C)OP(=O)(O)OP(=O)(O)OP(=O)(O)O)O[C@H]1n1c(C)cc(N)nc1=O. The largest absolute Gasteiger partial charge is 0.490 e. The minimum atomic E-state index is -5.82. The number of aliphatic hydroxyl groups is 1. The number of phosphoric ester groups is 1. The number of nitrogen functional groups attached to an aromatic ring is 1. The summed E-state index contributed by atoms with van der Waals surface area (Å²) in [7, 11) is -17.1. The lowest BCUT2D eigenvalue weighted by atomic mass is 9.95. The summed E-state index contributed by atoms with van der Waals surface area (Å²) in [6.07, 6.45) is -2.78. The van der Waals surface area contributed by atoms with E-state index in [0.717, 1.165) is 6.92 Å². The van der Waals surface area contributed by atoms with E-state index in [4.69, 9.17) is 26.7 Å². The van der Waals surface area contributed by atoms with E-state index in [-0.39, 0.29) is 11.5 Å². The maximum absolute atomic E-state index is 15.5. The predicted molar refractivity (Wildman–Crippen MR) is 105 cm³/mol. The van der Waals surface area contributed by atoms with Crippen LogP contribution in [-0.2, 0) is 31.6 Å². The van der Waals surface area contributed by atoms with Gasteiger partial charge in [0.15, 0.2) is 6.23 Å². The second-order valence-corrected chi connectivity index (χ2v) is 11.1. The summed E-state index contributed by atoms with van der Waals surface area (Å²) >= 11 is 0. The molecule has 186 valence electrons. The van der Waals surface area contributed by atoms with Gasteiger partial charge in [0, 0.05) is 5.69 Å². The molecule has 1 aromatic rings. The highest BCUT2D eigenvalue weighted by molar-refractivity contribution is 7.66. The van der Waals surface area contributed by atoms with Gasteiger partial charge < -0.3 is 35.2 Å². The van der Waals surface area contributed by atoms with E-state index in [2.05, 4.69) is 18.1 Å². The van der Waals surface area contributed by atoms with Crippen LogP contribution in [0.25, 0.3) is 0 Å². The predicted octanol–water partition coefficient (Wildman–Crippen LogP) is -0.534. The second kappa shape index (κ2) is 9.27. The minimum Gasteiger partial charge on any atom is -0.386 e. The average Bonchev–Trinajstić information content (AvgIpc) is 2.83. The Kier molecular flexibility index (Phi) is 7.80. The number of aliphatic hydroxyl groups excluding tert-OH is 1. The molecule has 16 nitrogen and oxygen atoms in total. The zero-order valence-electron chi connectivity index (χ0n) is 16.7. The van der Waals surface area contributed by atoms with Crippen molar-refractivity contribution in [3.8, 4) is 12.3 Å².